The van der Waals surface area contributed by atoms with Gasteiger partial charge in [0.2, 0.25) is 5.91 Å². The van der Waals surface area contributed by atoms with E-state index in [0.29, 0.717) is 25.7 Å². The number of aryl methyl sites for hydroxylation is 1. The zero-order chi connectivity index (χ0) is 29.3. The zero-order valence-electron chi connectivity index (χ0n) is 24.8. The molecule has 41 heavy (non-hydrogen) atoms. The summed E-state index contributed by atoms with van der Waals surface area (Å²) in [6, 6.07) is 13.8. The molecule has 220 valence electrons. The fourth-order valence-corrected chi connectivity index (χ4v) is 5.62. The van der Waals surface area contributed by atoms with Gasteiger partial charge in [-0.25, -0.2) is 9.59 Å². The highest BCUT2D eigenvalue weighted by Crippen LogP contribution is 2.32. The first-order valence-electron chi connectivity index (χ1n) is 14.3. The van der Waals surface area contributed by atoms with E-state index in [-0.39, 0.29) is 31.0 Å². The van der Waals surface area contributed by atoms with E-state index in [0.717, 1.165) is 54.4 Å². The fourth-order valence-electron chi connectivity index (χ4n) is 5.62. The van der Waals surface area contributed by atoms with Crippen molar-refractivity contribution in [1.82, 2.24) is 14.7 Å². The Labute approximate surface area is 242 Å². The van der Waals surface area contributed by atoms with Crippen LogP contribution < -0.4 is 14.5 Å². The van der Waals surface area contributed by atoms with Gasteiger partial charge < -0.3 is 19.3 Å². The van der Waals surface area contributed by atoms with E-state index >= 15 is 0 Å². The molecule has 0 saturated carbocycles. The predicted molar refractivity (Wildman–Crippen MR) is 157 cm³/mol. The average molecular weight is 564 g/mol. The van der Waals surface area contributed by atoms with Crippen LogP contribution in [0.2, 0.25) is 0 Å². The molecule has 2 aromatic carbocycles. The molecule has 10 nitrogen and oxygen atoms in total. The molecular formula is C31H41N5O5. The van der Waals surface area contributed by atoms with Gasteiger partial charge in [-0.1, -0.05) is 12.1 Å². The maximum absolute atomic E-state index is 13.4. The Kier molecular flexibility index (Phi) is 8.13. The first kappa shape index (κ1) is 28.7. The van der Waals surface area contributed by atoms with Crippen LogP contribution in [0.15, 0.2) is 42.5 Å². The molecule has 0 aliphatic carbocycles. The van der Waals surface area contributed by atoms with Crippen molar-refractivity contribution in [3.8, 4) is 5.75 Å². The topological polar surface area (TPSA) is 85.9 Å². The summed E-state index contributed by atoms with van der Waals surface area (Å²) in [5, 5.41) is 0. The van der Waals surface area contributed by atoms with Gasteiger partial charge in [0, 0.05) is 69.7 Å². The summed E-state index contributed by atoms with van der Waals surface area (Å²) in [5.41, 5.74) is 3.36. The number of rotatable bonds is 6. The number of nitrogens with zero attached hydrogens (tertiary/aromatic N) is 5. The SMILES string of the molecule is COc1ccc(CN2C(=O)CCN(c3ccc(N4CC(N5CCN(C(=O)OC(C)(C)C)CC5)C4)cc3C)C2=O)cc1. The molecule has 4 amide bonds. The number of hydrogen-bond donors (Lipinski definition) is 0. The van der Waals surface area contributed by atoms with E-state index < -0.39 is 5.60 Å². The molecule has 0 N–H and O–H groups in total. The Morgan fingerprint density at radius 1 is 0.951 bits per heavy atom. The van der Waals surface area contributed by atoms with Crippen molar-refractivity contribution >= 4 is 29.4 Å². The molecule has 3 fully saturated rings. The van der Waals surface area contributed by atoms with Crippen LogP contribution in [0.4, 0.5) is 21.0 Å². The summed E-state index contributed by atoms with van der Waals surface area (Å²) in [7, 11) is 1.61. The maximum atomic E-state index is 13.4. The molecule has 0 aromatic heterocycles. The van der Waals surface area contributed by atoms with E-state index in [1.807, 2.05) is 58.0 Å². The maximum Gasteiger partial charge on any atom is 0.410 e. The van der Waals surface area contributed by atoms with Gasteiger partial charge in [0.05, 0.1) is 13.7 Å². The highest BCUT2D eigenvalue weighted by atomic mass is 16.6. The largest absolute Gasteiger partial charge is 0.497 e. The fraction of sp³-hybridized carbons (Fsp3) is 0.516. The molecule has 0 radical (unpaired) electrons. The predicted octanol–water partition coefficient (Wildman–Crippen LogP) is 4.10. The van der Waals surface area contributed by atoms with Crippen LogP contribution in [0.5, 0.6) is 5.75 Å². The second kappa shape index (κ2) is 11.6. The number of amides is 4. The summed E-state index contributed by atoms with van der Waals surface area (Å²) < 4.78 is 10.7. The van der Waals surface area contributed by atoms with Crippen molar-refractivity contribution in [2.24, 2.45) is 0 Å². The van der Waals surface area contributed by atoms with Crippen LogP contribution in [-0.2, 0) is 16.1 Å². The Hall–Kier alpha value is -3.79. The van der Waals surface area contributed by atoms with Crippen LogP contribution in [0, 0.1) is 6.92 Å². The second-order valence-corrected chi connectivity index (χ2v) is 12.0. The van der Waals surface area contributed by atoms with Crippen molar-refractivity contribution in [2.75, 3.05) is 62.7 Å². The van der Waals surface area contributed by atoms with E-state index in [2.05, 4.69) is 21.9 Å². The number of carbonyl (C=O) groups excluding carboxylic acids is 3. The number of benzene rings is 2. The standard InChI is InChI=1S/C31H41N5O5/c1-22-18-24(34-20-25(21-34)32-14-16-33(17-15-32)30(39)41-31(2,3)4)8-11-27(22)35-13-12-28(37)36(29(35)38)19-23-6-9-26(40-5)10-7-23/h6-11,18,25H,12-17,19-21H2,1-5H3. The second-order valence-electron chi connectivity index (χ2n) is 12.0. The third-order valence-corrected chi connectivity index (χ3v) is 7.99. The van der Waals surface area contributed by atoms with Crippen LogP contribution in [0.25, 0.3) is 0 Å². The Bertz CT molecular complexity index is 1280. The van der Waals surface area contributed by atoms with Gasteiger partial charge in [-0.2, -0.15) is 0 Å². The first-order chi connectivity index (χ1) is 19.5. The van der Waals surface area contributed by atoms with Crippen molar-refractivity contribution in [3.05, 3.63) is 53.6 Å². The number of hydrogen-bond acceptors (Lipinski definition) is 7. The van der Waals surface area contributed by atoms with E-state index in [1.165, 1.54) is 4.90 Å². The van der Waals surface area contributed by atoms with Crippen molar-refractivity contribution in [3.63, 3.8) is 0 Å². The van der Waals surface area contributed by atoms with Crippen molar-refractivity contribution < 1.29 is 23.9 Å². The lowest BCUT2D eigenvalue weighted by Crippen LogP contribution is -2.63. The first-order valence-corrected chi connectivity index (χ1v) is 14.3. The molecule has 2 aromatic rings. The summed E-state index contributed by atoms with van der Waals surface area (Å²) in [6.07, 6.45) is 0.0568. The van der Waals surface area contributed by atoms with Crippen molar-refractivity contribution in [2.45, 2.75) is 52.3 Å². The van der Waals surface area contributed by atoms with Gasteiger partial charge in [-0.15, -0.1) is 0 Å². The number of piperazine rings is 1. The molecule has 0 bridgehead atoms. The van der Waals surface area contributed by atoms with Gasteiger partial charge in [0.25, 0.3) is 0 Å². The molecule has 5 rings (SSSR count). The molecule has 0 atom stereocenters. The third kappa shape index (κ3) is 6.43. The minimum atomic E-state index is -0.480. The van der Waals surface area contributed by atoms with Gasteiger partial charge in [0.1, 0.15) is 11.4 Å². The van der Waals surface area contributed by atoms with E-state index in [9.17, 15) is 14.4 Å². The Balaban J connectivity index is 1.16. The average Bonchev–Trinajstić information content (AvgIpc) is 2.91. The summed E-state index contributed by atoms with van der Waals surface area (Å²) in [6.45, 7) is 13.2. The highest BCUT2D eigenvalue weighted by Gasteiger charge is 2.36. The zero-order valence-corrected chi connectivity index (χ0v) is 24.8. The van der Waals surface area contributed by atoms with Gasteiger partial charge in [-0.3, -0.25) is 19.5 Å². The minimum absolute atomic E-state index is 0.158. The lowest BCUT2D eigenvalue weighted by Gasteiger charge is -2.49. The van der Waals surface area contributed by atoms with Crippen LogP contribution in [0.3, 0.4) is 0 Å². The van der Waals surface area contributed by atoms with Crippen LogP contribution in [-0.4, -0.2) is 97.3 Å². The number of carbonyl (C=O) groups is 3. The molecule has 0 unspecified atom stereocenters. The number of ether oxygens (including phenoxy) is 2. The number of methoxy groups -OCH3 is 1. The third-order valence-electron chi connectivity index (χ3n) is 7.99. The van der Waals surface area contributed by atoms with E-state index in [4.69, 9.17) is 9.47 Å². The van der Waals surface area contributed by atoms with E-state index in [1.54, 1.807) is 16.9 Å². The molecule has 3 saturated heterocycles. The van der Waals surface area contributed by atoms with Gasteiger partial charge in [0.15, 0.2) is 0 Å². The molecule has 3 aliphatic rings. The number of anilines is 2. The molecule has 3 heterocycles. The smallest absolute Gasteiger partial charge is 0.410 e. The monoisotopic (exact) mass is 563 g/mol. The van der Waals surface area contributed by atoms with Crippen LogP contribution >= 0.6 is 0 Å². The van der Waals surface area contributed by atoms with Crippen molar-refractivity contribution in [1.29, 1.82) is 0 Å². The Morgan fingerprint density at radius 3 is 2.24 bits per heavy atom. The summed E-state index contributed by atoms with van der Waals surface area (Å²) in [4.78, 5) is 48.1. The summed E-state index contributed by atoms with van der Waals surface area (Å²) >= 11 is 0. The van der Waals surface area contributed by atoms with Gasteiger partial charge >= 0.3 is 12.1 Å². The molecule has 3 aliphatic heterocycles. The lowest BCUT2D eigenvalue weighted by atomic mass is 10.0. The Morgan fingerprint density at radius 2 is 1.63 bits per heavy atom. The van der Waals surface area contributed by atoms with Crippen LogP contribution in [0.1, 0.15) is 38.3 Å². The molecular weight excluding hydrogens is 522 g/mol. The normalized spacial score (nSPS) is 19.0. The number of urea groups is 1. The highest BCUT2D eigenvalue weighted by molar-refractivity contribution is 6.06. The van der Waals surface area contributed by atoms with Gasteiger partial charge in [-0.05, 0) is 69.2 Å². The summed E-state index contributed by atoms with van der Waals surface area (Å²) in [5.74, 6) is 0.576. The molecule has 0 spiro atoms. The molecule has 10 heteroatoms. The lowest BCUT2D eigenvalue weighted by molar-refractivity contribution is -0.129. The quantitative estimate of drug-likeness (QED) is 0.523. The number of imide groups is 1. The minimum Gasteiger partial charge on any atom is -0.497 e.